The Morgan fingerprint density at radius 1 is 1.26 bits per heavy atom. The molecule has 1 fully saturated rings. The quantitative estimate of drug-likeness (QED) is 0.827. The van der Waals surface area contributed by atoms with Crippen LogP contribution in [0.1, 0.15) is 45.1 Å². The van der Waals surface area contributed by atoms with Crippen LogP contribution in [0, 0.1) is 11.3 Å². The van der Waals surface area contributed by atoms with E-state index in [1.807, 2.05) is 18.2 Å². The highest BCUT2D eigenvalue weighted by molar-refractivity contribution is 6.36. The molecule has 1 aromatic carbocycles. The van der Waals surface area contributed by atoms with E-state index in [1.54, 1.807) is 0 Å². The van der Waals surface area contributed by atoms with Crippen molar-refractivity contribution in [3.05, 3.63) is 33.8 Å². The van der Waals surface area contributed by atoms with Crippen molar-refractivity contribution in [2.45, 2.75) is 52.0 Å². The molecule has 1 saturated carbocycles. The first-order valence-electron chi connectivity index (χ1n) is 7.10. The van der Waals surface area contributed by atoms with E-state index in [1.165, 1.54) is 25.7 Å². The first-order valence-corrected chi connectivity index (χ1v) is 7.86. The number of nitrogens with two attached hydrogens (primary N) is 1. The van der Waals surface area contributed by atoms with Gasteiger partial charge >= 0.3 is 0 Å². The van der Waals surface area contributed by atoms with Gasteiger partial charge in [0.25, 0.3) is 0 Å². The fraction of sp³-hybridized carbons (Fsp3) is 0.625. The first-order chi connectivity index (χ1) is 8.92. The van der Waals surface area contributed by atoms with E-state index in [0.717, 1.165) is 22.0 Å². The van der Waals surface area contributed by atoms with Crippen molar-refractivity contribution in [2.75, 3.05) is 0 Å². The van der Waals surface area contributed by atoms with Crippen molar-refractivity contribution >= 4 is 23.2 Å². The normalized spacial score (nSPS) is 24.2. The second-order valence-corrected chi connectivity index (χ2v) is 7.22. The molecule has 0 saturated heterocycles. The predicted molar refractivity (Wildman–Crippen MR) is 83.9 cm³/mol. The molecule has 1 nitrogen and oxygen atoms in total. The number of rotatable bonds is 3. The Morgan fingerprint density at radius 3 is 2.47 bits per heavy atom. The molecule has 0 spiro atoms. The summed E-state index contributed by atoms with van der Waals surface area (Å²) in [6.07, 6.45) is 5.87. The maximum Gasteiger partial charge on any atom is 0.0453 e. The third-order valence-corrected chi connectivity index (χ3v) is 5.32. The summed E-state index contributed by atoms with van der Waals surface area (Å²) in [5, 5.41) is 1.47. The Bertz CT molecular complexity index is 422. The van der Waals surface area contributed by atoms with Gasteiger partial charge < -0.3 is 5.73 Å². The standard InChI is InChI=1S/C16H23Cl2N/c1-16(2)9-4-3-6-12(16)15(19)10-11-13(17)7-5-8-14(11)18/h5,7-8,12,15H,3-4,6,9-10,19H2,1-2H3. The molecule has 2 unspecified atom stereocenters. The average molecular weight is 300 g/mol. The van der Waals surface area contributed by atoms with Crippen LogP contribution in [0.5, 0.6) is 0 Å². The van der Waals surface area contributed by atoms with E-state index in [4.69, 9.17) is 28.9 Å². The smallest absolute Gasteiger partial charge is 0.0453 e. The highest BCUT2D eigenvalue weighted by Crippen LogP contribution is 2.43. The van der Waals surface area contributed by atoms with Crippen LogP contribution >= 0.6 is 23.2 Å². The maximum absolute atomic E-state index is 6.48. The maximum atomic E-state index is 6.48. The van der Waals surface area contributed by atoms with Gasteiger partial charge in [-0.2, -0.15) is 0 Å². The van der Waals surface area contributed by atoms with E-state index < -0.39 is 0 Å². The lowest BCUT2D eigenvalue weighted by atomic mass is 9.65. The zero-order chi connectivity index (χ0) is 14.0. The van der Waals surface area contributed by atoms with Crippen LogP contribution in [-0.4, -0.2) is 6.04 Å². The Balaban J connectivity index is 2.14. The van der Waals surface area contributed by atoms with Crippen LogP contribution in [0.3, 0.4) is 0 Å². The van der Waals surface area contributed by atoms with Gasteiger partial charge in [0.1, 0.15) is 0 Å². The molecule has 2 rings (SSSR count). The van der Waals surface area contributed by atoms with Crippen molar-refractivity contribution in [3.8, 4) is 0 Å². The fourth-order valence-electron chi connectivity index (χ4n) is 3.42. The van der Waals surface area contributed by atoms with Crippen LogP contribution < -0.4 is 5.73 Å². The molecule has 3 heteroatoms. The summed E-state index contributed by atoms with van der Waals surface area (Å²) in [5.74, 6) is 0.550. The van der Waals surface area contributed by atoms with Gasteiger partial charge in [-0.15, -0.1) is 0 Å². The van der Waals surface area contributed by atoms with Gasteiger partial charge in [0.05, 0.1) is 0 Å². The SMILES string of the molecule is CC1(C)CCCCC1C(N)Cc1c(Cl)cccc1Cl. The Hall–Kier alpha value is -0.240. The number of hydrogen-bond donors (Lipinski definition) is 1. The van der Waals surface area contributed by atoms with Crippen LogP contribution in [0.25, 0.3) is 0 Å². The minimum atomic E-state index is 0.132. The molecule has 2 N–H and O–H groups in total. The van der Waals surface area contributed by atoms with Crippen molar-refractivity contribution in [1.29, 1.82) is 0 Å². The summed E-state index contributed by atoms with van der Waals surface area (Å²) in [5.41, 5.74) is 7.80. The summed E-state index contributed by atoms with van der Waals surface area (Å²) >= 11 is 12.5. The summed E-state index contributed by atoms with van der Waals surface area (Å²) < 4.78 is 0. The Kier molecular flexibility index (Phi) is 4.81. The van der Waals surface area contributed by atoms with Crippen molar-refractivity contribution in [2.24, 2.45) is 17.1 Å². The van der Waals surface area contributed by atoms with Gasteiger partial charge in [-0.05, 0) is 48.3 Å². The third kappa shape index (κ3) is 3.45. The van der Waals surface area contributed by atoms with E-state index in [-0.39, 0.29) is 6.04 Å². The van der Waals surface area contributed by atoms with Crippen LogP contribution in [0.4, 0.5) is 0 Å². The van der Waals surface area contributed by atoms with E-state index in [0.29, 0.717) is 11.3 Å². The molecule has 0 amide bonds. The molecule has 0 heterocycles. The Morgan fingerprint density at radius 2 is 1.89 bits per heavy atom. The Labute approximate surface area is 126 Å². The lowest BCUT2D eigenvalue weighted by Gasteiger charge is -2.42. The summed E-state index contributed by atoms with van der Waals surface area (Å²) in [6.45, 7) is 4.68. The first kappa shape index (κ1) is 15.2. The second-order valence-electron chi connectivity index (χ2n) is 6.41. The molecular formula is C16H23Cl2N. The van der Waals surface area contributed by atoms with Gasteiger partial charge in [-0.25, -0.2) is 0 Å². The lowest BCUT2D eigenvalue weighted by molar-refractivity contribution is 0.112. The molecule has 106 valence electrons. The highest BCUT2D eigenvalue weighted by atomic mass is 35.5. The summed E-state index contributed by atoms with van der Waals surface area (Å²) in [4.78, 5) is 0. The van der Waals surface area contributed by atoms with Gasteiger partial charge in [0.2, 0.25) is 0 Å². The van der Waals surface area contributed by atoms with E-state index in [9.17, 15) is 0 Å². The lowest BCUT2D eigenvalue weighted by Crippen LogP contribution is -2.43. The monoisotopic (exact) mass is 299 g/mol. The molecule has 0 aromatic heterocycles. The fourth-order valence-corrected chi connectivity index (χ4v) is 3.97. The van der Waals surface area contributed by atoms with E-state index in [2.05, 4.69) is 13.8 Å². The van der Waals surface area contributed by atoms with Crippen LogP contribution in [0.2, 0.25) is 10.0 Å². The average Bonchev–Trinajstić information content (AvgIpc) is 2.33. The highest BCUT2D eigenvalue weighted by Gasteiger charge is 2.36. The van der Waals surface area contributed by atoms with E-state index >= 15 is 0 Å². The topological polar surface area (TPSA) is 26.0 Å². The molecule has 19 heavy (non-hydrogen) atoms. The molecule has 1 aliphatic rings. The van der Waals surface area contributed by atoms with Crippen LogP contribution in [0.15, 0.2) is 18.2 Å². The minimum Gasteiger partial charge on any atom is -0.327 e. The molecular weight excluding hydrogens is 277 g/mol. The van der Waals surface area contributed by atoms with Crippen molar-refractivity contribution in [3.63, 3.8) is 0 Å². The summed E-state index contributed by atoms with van der Waals surface area (Å²) in [6, 6.07) is 5.79. The molecule has 0 aliphatic heterocycles. The van der Waals surface area contributed by atoms with Crippen LogP contribution in [-0.2, 0) is 6.42 Å². The van der Waals surface area contributed by atoms with Crippen molar-refractivity contribution < 1.29 is 0 Å². The summed E-state index contributed by atoms with van der Waals surface area (Å²) in [7, 11) is 0. The zero-order valence-electron chi connectivity index (χ0n) is 11.8. The van der Waals surface area contributed by atoms with Gasteiger partial charge in [-0.3, -0.25) is 0 Å². The molecule has 0 radical (unpaired) electrons. The number of hydrogen-bond acceptors (Lipinski definition) is 1. The second kappa shape index (κ2) is 6.03. The molecule has 0 bridgehead atoms. The third-order valence-electron chi connectivity index (χ3n) is 4.61. The van der Waals surface area contributed by atoms with Crippen molar-refractivity contribution in [1.82, 2.24) is 0 Å². The molecule has 2 atom stereocenters. The predicted octanol–water partition coefficient (Wildman–Crippen LogP) is 5.08. The molecule has 1 aromatic rings. The molecule has 1 aliphatic carbocycles. The van der Waals surface area contributed by atoms with Gasteiger partial charge in [-0.1, -0.05) is 56.0 Å². The minimum absolute atomic E-state index is 0.132. The number of halogens is 2. The van der Waals surface area contributed by atoms with Gasteiger partial charge in [0, 0.05) is 16.1 Å². The van der Waals surface area contributed by atoms with Gasteiger partial charge in [0.15, 0.2) is 0 Å². The number of benzene rings is 1. The largest absolute Gasteiger partial charge is 0.327 e. The zero-order valence-corrected chi connectivity index (χ0v) is 13.3.